The fraction of sp³-hybridized carbons (Fsp3) is 0.909. The fourth-order valence-electron chi connectivity index (χ4n) is 3.10. The predicted molar refractivity (Wildman–Crippen MR) is 58.5 cm³/mol. The van der Waals surface area contributed by atoms with Crippen LogP contribution >= 0.6 is 0 Å². The number of fused-ring (bicyclic) bond motifs is 1. The standard InChI is InChI=1S/C11H21N3/c12-11(13)6-8-14-7-2-4-9-3-1-5-10(9)14/h9-10H,1-8H2,(H3,12,13). The normalized spacial score (nSPS) is 32.9. The molecule has 2 rings (SSSR count). The molecule has 1 saturated carbocycles. The van der Waals surface area contributed by atoms with Crippen LogP contribution in [0, 0.1) is 11.3 Å². The van der Waals surface area contributed by atoms with Gasteiger partial charge >= 0.3 is 0 Å². The highest BCUT2D eigenvalue weighted by molar-refractivity contribution is 5.76. The minimum absolute atomic E-state index is 0.338. The van der Waals surface area contributed by atoms with Gasteiger partial charge in [-0.3, -0.25) is 10.3 Å². The van der Waals surface area contributed by atoms with Gasteiger partial charge in [0.15, 0.2) is 0 Å². The minimum atomic E-state index is 0.338. The van der Waals surface area contributed by atoms with Crippen molar-refractivity contribution in [3.63, 3.8) is 0 Å². The molecule has 1 aliphatic carbocycles. The third-order valence-corrected chi connectivity index (χ3v) is 3.78. The van der Waals surface area contributed by atoms with Crippen molar-refractivity contribution >= 4 is 5.84 Å². The van der Waals surface area contributed by atoms with Crippen LogP contribution in [0.2, 0.25) is 0 Å². The molecule has 2 aliphatic rings. The maximum Gasteiger partial charge on any atom is 0.0918 e. The molecule has 3 nitrogen and oxygen atoms in total. The third-order valence-electron chi connectivity index (χ3n) is 3.78. The van der Waals surface area contributed by atoms with Gasteiger partial charge in [0.1, 0.15) is 0 Å². The summed E-state index contributed by atoms with van der Waals surface area (Å²) in [6, 6.07) is 0.822. The molecule has 1 saturated heterocycles. The van der Waals surface area contributed by atoms with E-state index in [0.29, 0.717) is 5.84 Å². The summed E-state index contributed by atoms with van der Waals surface area (Å²) in [7, 11) is 0. The molecule has 14 heavy (non-hydrogen) atoms. The lowest BCUT2D eigenvalue weighted by atomic mass is 9.92. The lowest BCUT2D eigenvalue weighted by Crippen LogP contribution is -2.43. The lowest BCUT2D eigenvalue weighted by Gasteiger charge is -2.37. The predicted octanol–water partition coefficient (Wildman–Crippen LogP) is 1.58. The van der Waals surface area contributed by atoms with E-state index in [4.69, 9.17) is 11.1 Å². The van der Waals surface area contributed by atoms with Gasteiger partial charge in [0.2, 0.25) is 0 Å². The number of hydrogen-bond acceptors (Lipinski definition) is 2. The van der Waals surface area contributed by atoms with E-state index < -0.39 is 0 Å². The van der Waals surface area contributed by atoms with Crippen LogP contribution in [-0.2, 0) is 0 Å². The van der Waals surface area contributed by atoms with Crippen LogP contribution in [0.15, 0.2) is 0 Å². The Bertz CT molecular complexity index is 215. The van der Waals surface area contributed by atoms with Crippen LogP contribution in [0.25, 0.3) is 0 Å². The Morgan fingerprint density at radius 1 is 1.29 bits per heavy atom. The van der Waals surface area contributed by atoms with Crippen molar-refractivity contribution < 1.29 is 0 Å². The van der Waals surface area contributed by atoms with E-state index in [0.717, 1.165) is 24.9 Å². The molecule has 2 atom stereocenters. The number of nitrogens with one attached hydrogen (secondary N) is 1. The molecule has 0 aromatic rings. The van der Waals surface area contributed by atoms with Crippen molar-refractivity contribution in [1.82, 2.24) is 4.90 Å². The Labute approximate surface area is 86.2 Å². The number of rotatable bonds is 3. The SMILES string of the molecule is N=C(N)CCN1CCCC2CCCC21. The zero-order valence-corrected chi connectivity index (χ0v) is 8.84. The average Bonchev–Trinajstić information content (AvgIpc) is 2.62. The number of hydrogen-bond donors (Lipinski definition) is 2. The molecule has 0 aromatic carbocycles. The monoisotopic (exact) mass is 195 g/mol. The molecule has 1 aliphatic heterocycles. The molecule has 0 amide bonds. The first-order chi connectivity index (χ1) is 6.77. The van der Waals surface area contributed by atoms with Crippen molar-refractivity contribution in [2.24, 2.45) is 11.7 Å². The topological polar surface area (TPSA) is 53.1 Å². The fourth-order valence-corrected chi connectivity index (χ4v) is 3.10. The Balaban J connectivity index is 1.87. The van der Waals surface area contributed by atoms with Gasteiger partial charge in [-0.25, -0.2) is 0 Å². The Morgan fingerprint density at radius 2 is 2.07 bits per heavy atom. The summed E-state index contributed by atoms with van der Waals surface area (Å²) in [5.74, 6) is 1.29. The molecular weight excluding hydrogens is 174 g/mol. The van der Waals surface area contributed by atoms with Gasteiger partial charge in [0.25, 0.3) is 0 Å². The van der Waals surface area contributed by atoms with Crippen LogP contribution in [0.4, 0.5) is 0 Å². The Morgan fingerprint density at radius 3 is 2.86 bits per heavy atom. The van der Waals surface area contributed by atoms with E-state index in [9.17, 15) is 0 Å². The van der Waals surface area contributed by atoms with E-state index in [1.54, 1.807) is 0 Å². The summed E-state index contributed by atoms with van der Waals surface area (Å²) in [5, 5.41) is 7.25. The highest BCUT2D eigenvalue weighted by atomic mass is 15.2. The second kappa shape index (κ2) is 4.30. The van der Waals surface area contributed by atoms with Gasteiger partial charge in [-0.15, -0.1) is 0 Å². The van der Waals surface area contributed by atoms with Gasteiger partial charge in [-0.2, -0.15) is 0 Å². The number of amidine groups is 1. The van der Waals surface area contributed by atoms with Crippen molar-refractivity contribution in [2.45, 2.75) is 44.6 Å². The second-order valence-corrected chi connectivity index (χ2v) is 4.71. The van der Waals surface area contributed by atoms with Crippen LogP contribution < -0.4 is 5.73 Å². The van der Waals surface area contributed by atoms with Gasteiger partial charge in [0, 0.05) is 19.0 Å². The molecule has 1 heterocycles. The van der Waals surface area contributed by atoms with Crippen LogP contribution in [-0.4, -0.2) is 29.9 Å². The molecule has 2 fully saturated rings. The molecule has 80 valence electrons. The first-order valence-corrected chi connectivity index (χ1v) is 5.84. The summed E-state index contributed by atoms with van der Waals surface area (Å²) < 4.78 is 0. The van der Waals surface area contributed by atoms with Crippen molar-refractivity contribution in [2.75, 3.05) is 13.1 Å². The molecule has 3 N–H and O–H groups in total. The zero-order chi connectivity index (χ0) is 9.97. The summed E-state index contributed by atoms with van der Waals surface area (Å²) >= 11 is 0. The molecule has 2 unspecified atom stereocenters. The minimum Gasteiger partial charge on any atom is -0.388 e. The van der Waals surface area contributed by atoms with E-state index in [-0.39, 0.29) is 0 Å². The van der Waals surface area contributed by atoms with Gasteiger partial charge in [-0.1, -0.05) is 6.42 Å². The maximum atomic E-state index is 7.25. The Hall–Kier alpha value is -0.570. The Kier molecular flexibility index (Phi) is 3.06. The highest BCUT2D eigenvalue weighted by Crippen LogP contribution is 2.36. The summed E-state index contributed by atoms with van der Waals surface area (Å²) in [6.45, 7) is 2.24. The number of nitrogens with zero attached hydrogens (tertiary/aromatic N) is 1. The van der Waals surface area contributed by atoms with E-state index >= 15 is 0 Å². The average molecular weight is 195 g/mol. The number of nitrogens with two attached hydrogens (primary N) is 1. The summed E-state index contributed by atoms with van der Waals surface area (Å²) in [4.78, 5) is 2.57. The molecule has 0 spiro atoms. The molecule has 0 radical (unpaired) electrons. The number of likely N-dealkylation sites (tertiary alicyclic amines) is 1. The van der Waals surface area contributed by atoms with Crippen LogP contribution in [0.3, 0.4) is 0 Å². The largest absolute Gasteiger partial charge is 0.388 e. The summed E-state index contributed by atoms with van der Waals surface area (Å²) in [6.07, 6.45) is 7.75. The number of piperidine rings is 1. The quantitative estimate of drug-likeness (QED) is 0.530. The molecular formula is C11H21N3. The third kappa shape index (κ3) is 2.08. The molecule has 0 aromatic heterocycles. The van der Waals surface area contributed by atoms with Crippen LogP contribution in [0.1, 0.15) is 38.5 Å². The van der Waals surface area contributed by atoms with Gasteiger partial charge in [0.05, 0.1) is 5.84 Å². The van der Waals surface area contributed by atoms with Crippen molar-refractivity contribution in [1.29, 1.82) is 5.41 Å². The molecule has 3 heteroatoms. The van der Waals surface area contributed by atoms with Gasteiger partial charge in [-0.05, 0) is 38.1 Å². The van der Waals surface area contributed by atoms with Crippen molar-refractivity contribution in [3.05, 3.63) is 0 Å². The zero-order valence-electron chi connectivity index (χ0n) is 8.84. The maximum absolute atomic E-state index is 7.25. The first-order valence-electron chi connectivity index (χ1n) is 5.84. The van der Waals surface area contributed by atoms with Crippen LogP contribution in [0.5, 0.6) is 0 Å². The smallest absolute Gasteiger partial charge is 0.0918 e. The second-order valence-electron chi connectivity index (χ2n) is 4.71. The lowest BCUT2D eigenvalue weighted by molar-refractivity contribution is 0.116. The van der Waals surface area contributed by atoms with E-state index in [1.807, 2.05) is 0 Å². The first kappa shape index (κ1) is 9.97. The van der Waals surface area contributed by atoms with E-state index in [1.165, 1.54) is 38.6 Å². The highest BCUT2D eigenvalue weighted by Gasteiger charge is 2.34. The molecule has 0 bridgehead atoms. The van der Waals surface area contributed by atoms with E-state index in [2.05, 4.69) is 4.90 Å². The summed E-state index contributed by atoms with van der Waals surface area (Å²) in [5.41, 5.74) is 5.40. The van der Waals surface area contributed by atoms with Gasteiger partial charge < -0.3 is 5.73 Å². The van der Waals surface area contributed by atoms with Crippen molar-refractivity contribution in [3.8, 4) is 0 Å².